The molecule has 0 heteroatoms. The van der Waals surface area contributed by atoms with Gasteiger partial charge in [0.25, 0.3) is 0 Å². The van der Waals surface area contributed by atoms with E-state index >= 15 is 0 Å². The minimum Gasteiger partial charge on any atom is -0.103 e. The summed E-state index contributed by atoms with van der Waals surface area (Å²) in [6.45, 7) is 9.92. The van der Waals surface area contributed by atoms with E-state index in [0.29, 0.717) is 0 Å². The van der Waals surface area contributed by atoms with Crippen LogP contribution in [0.25, 0.3) is 0 Å². The van der Waals surface area contributed by atoms with Gasteiger partial charge in [-0.15, -0.1) is 6.58 Å². The molecule has 0 radical (unpaired) electrons. The molecule has 0 aromatic heterocycles. The zero-order valence-electron chi connectivity index (χ0n) is 8.27. The van der Waals surface area contributed by atoms with Crippen molar-refractivity contribution < 1.29 is 0 Å². The highest BCUT2D eigenvalue weighted by Gasteiger charge is 1.64. The van der Waals surface area contributed by atoms with Crippen LogP contribution in [-0.4, -0.2) is 0 Å². The number of hydrogen-bond donors (Lipinski definition) is 0. The molecule has 0 N–H and O–H groups in total. The Morgan fingerprint density at radius 3 is 1.73 bits per heavy atom. The standard InChI is InChI=1S/C6H12.C5H10/c1-3-5-6-4-2;1-3-5-4-2/h3,5H,4,6H2,1-2H3;3H,1,4-5H2,2H3. The zero-order chi connectivity index (χ0) is 8.95. The molecule has 0 atom stereocenters. The Hall–Kier alpha value is -0.520. The number of rotatable bonds is 4. The van der Waals surface area contributed by atoms with Crippen LogP contribution in [0.2, 0.25) is 0 Å². The van der Waals surface area contributed by atoms with Crippen LogP contribution in [-0.2, 0) is 0 Å². The van der Waals surface area contributed by atoms with Gasteiger partial charge in [0.1, 0.15) is 0 Å². The maximum absolute atomic E-state index is 3.55. The van der Waals surface area contributed by atoms with Crippen LogP contribution in [0, 0.1) is 0 Å². The van der Waals surface area contributed by atoms with E-state index < -0.39 is 0 Å². The van der Waals surface area contributed by atoms with E-state index in [2.05, 4.69) is 39.5 Å². The van der Waals surface area contributed by atoms with E-state index in [1.807, 2.05) is 6.08 Å². The minimum absolute atomic E-state index is 1.15. The van der Waals surface area contributed by atoms with Gasteiger partial charge in [-0.3, -0.25) is 0 Å². The number of unbranched alkanes of at least 4 members (excludes halogenated alkanes) is 2. The largest absolute Gasteiger partial charge is 0.103 e. The lowest BCUT2D eigenvalue weighted by molar-refractivity contribution is 0.957. The first-order valence-corrected chi connectivity index (χ1v) is 4.55. The second kappa shape index (κ2) is 16.2. The Kier molecular flexibility index (Phi) is 19.3. The van der Waals surface area contributed by atoms with Crippen LogP contribution in [0.15, 0.2) is 24.8 Å². The second-order valence-corrected chi connectivity index (χ2v) is 2.44. The molecular weight excluding hydrogens is 132 g/mol. The quantitative estimate of drug-likeness (QED) is 0.528. The topological polar surface area (TPSA) is 0 Å². The second-order valence-electron chi connectivity index (χ2n) is 2.44. The van der Waals surface area contributed by atoms with Crippen molar-refractivity contribution in [2.45, 2.75) is 46.5 Å². The maximum Gasteiger partial charge on any atom is -0.0353 e. The van der Waals surface area contributed by atoms with Crippen molar-refractivity contribution in [3.05, 3.63) is 24.8 Å². The van der Waals surface area contributed by atoms with Gasteiger partial charge in [0, 0.05) is 0 Å². The van der Waals surface area contributed by atoms with Gasteiger partial charge in [0.05, 0.1) is 0 Å². The van der Waals surface area contributed by atoms with Gasteiger partial charge in [0.2, 0.25) is 0 Å². The summed E-state index contributed by atoms with van der Waals surface area (Å²) in [5, 5.41) is 0. The lowest BCUT2D eigenvalue weighted by atomic mass is 10.3. The molecule has 66 valence electrons. The fourth-order valence-corrected chi connectivity index (χ4v) is 0.537. The van der Waals surface area contributed by atoms with Crippen LogP contribution in [0.5, 0.6) is 0 Å². The summed E-state index contributed by atoms with van der Waals surface area (Å²) in [4.78, 5) is 0. The van der Waals surface area contributed by atoms with Crippen molar-refractivity contribution >= 4 is 0 Å². The smallest absolute Gasteiger partial charge is 0.0353 e. The zero-order valence-corrected chi connectivity index (χ0v) is 8.27. The lowest BCUT2D eigenvalue weighted by Crippen LogP contribution is -1.55. The first kappa shape index (κ1) is 13.1. The van der Waals surface area contributed by atoms with Gasteiger partial charge in [-0.25, -0.2) is 0 Å². The molecule has 0 aromatic carbocycles. The van der Waals surface area contributed by atoms with Crippen molar-refractivity contribution in [2.75, 3.05) is 0 Å². The maximum atomic E-state index is 3.55. The summed E-state index contributed by atoms with van der Waals surface area (Å²) in [6.07, 6.45) is 11.1. The summed E-state index contributed by atoms with van der Waals surface area (Å²) in [5.74, 6) is 0. The molecule has 0 saturated carbocycles. The number of hydrogen-bond acceptors (Lipinski definition) is 0. The van der Waals surface area contributed by atoms with Crippen LogP contribution in [0.1, 0.15) is 46.5 Å². The Morgan fingerprint density at radius 2 is 1.64 bits per heavy atom. The molecule has 0 amide bonds. The minimum atomic E-state index is 1.15. The highest BCUT2D eigenvalue weighted by atomic mass is 13.7. The first-order valence-electron chi connectivity index (χ1n) is 4.55. The summed E-state index contributed by atoms with van der Waals surface area (Å²) in [7, 11) is 0. The predicted molar refractivity (Wildman–Crippen MR) is 54.8 cm³/mol. The Morgan fingerprint density at radius 1 is 1.09 bits per heavy atom. The van der Waals surface area contributed by atoms with Gasteiger partial charge in [-0.2, -0.15) is 0 Å². The first-order chi connectivity index (χ1) is 5.33. The fourth-order valence-electron chi connectivity index (χ4n) is 0.537. The average Bonchev–Trinajstić information content (AvgIpc) is 2.04. The summed E-state index contributed by atoms with van der Waals surface area (Å²) >= 11 is 0. The molecule has 0 spiro atoms. The van der Waals surface area contributed by atoms with Crippen LogP contribution >= 0.6 is 0 Å². The Bertz CT molecular complexity index is 80.0. The van der Waals surface area contributed by atoms with Crippen molar-refractivity contribution in [3.63, 3.8) is 0 Å². The van der Waals surface area contributed by atoms with Gasteiger partial charge in [0.15, 0.2) is 0 Å². The molecule has 0 heterocycles. The molecule has 0 aromatic rings. The monoisotopic (exact) mass is 154 g/mol. The van der Waals surface area contributed by atoms with E-state index in [9.17, 15) is 0 Å². The third-order valence-electron chi connectivity index (χ3n) is 1.18. The SMILES string of the molecule is C=CCCC.CC=CCCC. The summed E-state index contributed by atoms with van der Waals surface area (Å²) in [6, 6.07) is 0. The summed E-state index contributed by atoms with van der Waals surface area (Å²) < 4.78 is 0. The molecule has 0 saturated heterocycles. The molecule has 0 unspecified atom stereocenters. The fraction of sp³-hybridized carbons (Fsp3) is 0.636. The highest BCUT2D eigenvalue weighted by molar-refractivity contribution is 4.75. The summed E-state index contributed by atoms with van der Waals surface area (Å²) in [5.41, 5.74) is 0. The van der Waals surface area contributed by atoms with Crippen molar-refractivity contribution in [1.29, 1.82) is 0 Å². The van der Waals surface area contributed by atoms with Gasteiger partial charge in [-0.1, -0.05) is 44.9 Å². The van der Waals surface area contributed by atoms with Crippen LogP contribution in [0.3, 0.4) is 0 Å². The molecule has 11 heavy (non-hydrogen) atoms. The molecule has 0 bridgehead atoms. The van der Waals surface area contributed by atoms with Crippen LogP contribution < -0.4 is 0 Å². The molecule has 0 rings (SSSR count). The van der Waals surface area contributed by atoms with E-state index in [1.54, 1.807) is 0 Å². The molecule has 0 fully saturated rings. The van der Waals surface area contributed by atoms with E-state index in [0.717, 1.165) is 6.42 Å². The van der Waals surface area contributed by atoms with Gasteiger partial charge in [-0.05, 0) is 19.8 Å². The van der Waals surface area contributed by atoms with E-state index in [1.165, 1.54) is 19.3 Å². The Labute approximate surface area is 72.0 Å². The van der Waals surface area contributed by atoms with Crippen LogP contribution in [0.4, 0.5) is 0 Å². The number of allylic oxidation sites excluding steroid dienone is 3. The highest BCUT2D eigenvalue weighted by Crippen LogP contribution is 1.85. The molecule has 0 aliphatic heterocycles. The van der Waals surface area contributed by atoms with E-state index in [-0.39, 0.29) is 0 Å². The third-order valence-corrected chi connectivity index (χ3v) is 1.18. The Balaban J connectivity index is 0. The van der Waals surface area contributed by atoms with Crippen molar-refractivity contribution in [3.8, 4) is 0 Å². The average molecular weight is 154 g/mol. The van der Waals surface area contributed by atoms with E-state index in [4.69, 9.17) is 0 Å². The van der Waals surface area contributed by atoms with Crippen molar-refractivity contribution in [1.82, 2.24) is 0 Å². The normalized spacial score (nSPS) is 9.00. The van der Waals surface area contributed by atoms with Crippen molar-refractivity contribution in [2.24, 2.45) is 0 Å². The molecule has 0 aliphatic rings. The lowest BCUT2D eigenvalue weighted by Gasteiger charge is -1.76. The van der Waals surface area contributed by atoms with Gasteiger partial charge >= 0.3 is 0 Å². The predicted octanol–water partition coefficient (Wildman–Crippen LogP) is 4.34. The van der Waals surface area contributed by atoms with Gasteiger partial charge < -0.3 is 0 Å². The third kappa shape index (κ3) is 26.4. The molecule has 0 nitrogen and oxygen atoms in total. The molecule has 0 aliphatic carbocycles. The molecular formula is C11H22.